The molecule has 11 heteroatoms. The van der Waals surface area contributed by atoms with Gasteiger partial charge < -0.3 is 25.3 Å². The molecular formula is C45H54BN5O5. The fourth-order valence-corrected chi connectivity index (χ4v) is 10.0. The van der Waals surface area contributed by atoms with Crippen LogP contribution in [0.25, 0.3) is 22.0 Å². The summed E-state index contributed by atoms with van der Waals surface area (Å²) in [6.07, 6.45) is 10.1. The normalized spacial score (nSPS) is 25.4. The van der Waals surface area contributed by atoms with E-state index in [1.54, 1.807) is 18.5 Å². The van der Waals surface area contributed by atoms with E-state index in [1.807, 2.05) is 56.3 Å². The molecule has 56 heavy (non-hydrogen) atoms. The zero-order valence-corrected chi connectivity index (χ0v) is 33.2. The van der Waals surface area contributed by atoms with Crippen molar-refractivity contribution in [2.75, 3.05) is 0 Å². The van der Waals surface area contributed by atoms with Crippen LogP contribution in [-0.4, -0.2) is 58.6 Å². The smallest absolute Gasteiger partial charge is 0.402 e. The van der Waals surface area contributed by atoms with Gasteiger partial charge in [-0.25, -0.2) is 4.98 Å². The van der Waals surface area contributed by atoms with Gasteiger partial charge in [0.2, 0.25) is 11.8 Å². The lowest BCUT2D eigenvalue weighted by molar-refractivity contribution is -0.199. The Kier molecular flexibility index (Phi) is 10.5. The first-order valence-corrected chi connectivity index (χ1v) is 20.6. The molecule has 2 aromatic heterocycles. The number of hydrogen-bond donors (Lipinski definition) is 3. The molecule has 2 bridgehead atoms. The number of benzene rings is 2. The number of fused-ring (bicyclic) bond motifs is 1. The van der Waals surface area contributed by atoms with E-state index < -0.39 is 25.1 Å². The molecule has 1 aliphatic heterocycles. The molecule has 0 unspecified atom stereocenters. The number of hydrogen-bond acceptors (Lipinski definition) is 7. The Hall–Kier alpha value is -4.61. The maximum absolute atomic E-state index is 14.2. The third-order valence-electron chi connectivity index (χ3n) is 13.8. The highest BCUT2D eigenvalue weighted by molar-refractivity contribution is 6.62. The Balaban J connectivity index is 0.995. The van der Waals surface area contributed by atoms with Crippen LogP contribution < -0.4 is 21.4 Å². The van der Waals surface area contributed by atoms with Gasteiger partial charge in [-0.05, 0) is 114 Å². The van der Waals surface area contributed by atoms with Gasteiger partial charge in [-0.1, -0.05) is 83.4 Å². The number of carbonyl (C=O) groups excluding carboxylic acids is 3. The van der Waals surface area contributed by atoms with Crippen molar-refractivity contribution in [3.05, 3.63) is 90.4 Å². The molecule has 3 amide bonds. The Morgan fingerprint density at radius 1 is 0.911 bits per heavy atom. The van der Waals surface area contributed by atoms with Gasteiger partial charge in [0.05, 0.1) is 17.2 Å². The Labute approximate surface area is 330 Å². The standard InChI is InChI=1S/C45H54BN5O5/c1-6-27(2)39(50-43(54)40(31-12-7-8-13-31)51-41(52)36-16-15-30-11-9-10-14-35(30)49-36)42(53)48-26-28-21-32(29-17-19-47-20-18-29)23-34(22-28)46-55-38-25-33-24-37(44(33,3)4)45(38,5)56-46/h9-11,14-23,27,31,33,37-40H,6-8,12-13,24-26H2,1-5H3,(H,48,53)(H,50,54)(H,51,52)/t27-,33-,37-,38+,39-,40-,45-/m0/s1. The van der Waals surface area contributed by atoms with Gasteiger partial charge in [-0.15, -0.1) is 0 Å². The summed E-state index contributed by atoms with van der Waals surface area (Å²) in [5.74, 6) is -0.119. The molecular weight excluding hydrogens is 701 g/mol. The van der Waals surface area contributed by atoms with Gasteiger partial charge in [0.1, 0.15) is 17.8 Å². The van der Waals surface area contributed by atoms with Gasteiger partial charge >= 0.3 is 7.12 Å². The SMILES string of the molecule is CC[C@H](C)[C@H](NC(=O)[C@@H](NC(=O)c1ccc2ccccc2n1)C1CCCC1)C(=O)NCc1cc(B2O[C@@H]3C[C@@H]4C[C@@H](C4(C)C)[C@]3(C)O2)cc(-c2ccncc2)c1. The van der Waals surface area contributed by atoms with Crippen LogP contribution in [0, 0.1) is 29.1 Å². The third-order valence-corrected chi connectivity index (χ3v) is 13.8. The topological polar surface area (TPSA) is 132 Å². The molecule has 7 atom stereocenters. The van der Waals surface area contributed by atoms with E-state index in [0.29, 0.717) is 23.8 Å². The summed E-state index contributed by atoms with van der Waals surface area (Å²) in [6.45, 7) is 11.2. The number of amides is 3. The summed E-state index contributed by atoms with van der Waals surface area (Å²) in [6, 6.07) is 19.8. The minimum absolute atomic E-state index is 0.0302. The minimum Gasteiger partial charge on any atom is -0.402 e. The Morgan fingerprint density at radius 3 is 2.43 bits per heavy atom. The van der Waals surface area contributed by atoms with Crippen LogP contribution in [0.15, 0.2) is 79.1 Å². The lowest BCUT2D eigenvalue weighted by Crippen LogP contribution is -2.65. The monoisotopic (exact) mass is 755 g/mol. The fraction of sp³-hybridized carbons (Fsp3) is 0.489. The van der Waals surface area contributed by atoms with Crippen LogP contribution in [0.1, 0.15) is 95.6 Å². The highest BCUT2D eigenvalue weighted by atomic mass is 16.7. The molecule has 3 N–H and O–H groups in total. The van der Waals surface area contributed by atoms with Gasteiger partial charge in [0.25, 0.3) is 5.91 Å². The lowest BCUT2D eigenvalue weighted by Gasteiger charge is -2.64. The average Bonchev–Trinajstić information content (AvgIpc) is 3.88. The van der Waals surface area contributed by atoms with Crippen LogP contribution in [-0.2, 0) is 25.4 Å². The molecule has 4 aliphatic carbocycles. The number of pyridine rings is 2. The van der Waals surface area contributed by atoms with Gasteiger partial charge in [0, 0.05) is 24.3 Å². The first-order chi connectivity index (χ1) is 26.9. The van der Waals surface area contributed by atoms with E-state index in [2.05, 4.69) is 64.9 Å². The molecule has 0 radical (unpaired) electrons. The molecule has 10 nitrogen and oxygen atoms in total. The summed E-state index contributed by atoms with van der Waals surface area (Å²) < 4.78 is 13.5. The quantitative estimate of drug-likeness (QED) is 0.143. The summed E-state index contributed by atoms with van der Waals surface area (Å²) >= 11 is 0. The highest BCUT2D eigenvalue weighted by Gasteiger charge is 2.68. The van der Waals surface area contributed by atoms with Crippen molar-refractivity contribution in [3.63, 3.8) is 0 Å². The van der Waals surface area contributed by atoms with Crippen LogP contribution in [0.5, 0.6) is 0 Å². The summed E-state index contributed by atoms with van der Waals surface area (Å²) in [5, 5.41) is 10.2. The van der Waals surface area contributed by atoms with Crippen molar-refractivity contribution < 1.29 is 23.7 Å². The second-order valence-corrected chi connectivity index (χ2v) is 17.5. The number of aromatic nitrogens is 2. The minimum atomic E-state index is -0.797. The first kappa shape index (κ1) is 38.3. The van der Waals surface area contributed by atoms with E-state index in [0.717, 1.165) is 59.6 Å². The van der Waals surface area contributed by atoms with Gasteiger partial charge in [0.15, 0.2) is 0 Å². The molecule has 5 aliphatic rings. The maximum Gasteiger partial charge on any atom is 0.494 e. The average molecular weight is 756 g/mol. The van der Waals surface area contributed by atoms with Crippen LogP contribution in [0.4, 0.5) is 0 Å². The van der Waals surface area contributed by atoms with Crippen molar-refractivity contribution in [2.45, 2.75) is 110 Å². The van der Waals surface area contributed by atoms with Gasteiger partial charge in [-0.2, -0.15) is 0 Å². The second-order valence-electron chi connectivity index (χ2n) is 17.5. The Bertz CT molecular complexity index is 2110. The third kappa shape index (κ3) is 7.24. The van der Waals surface area contributed by atoms with Crippen LogP contribution in [0.2, 0.25) is 0 Å². The van der Waals surface area contributed by atoms with Crippen molar-refractivity contribution in [1.29, 1.82) is 0 Å². The number of carbonyl (C=O) groups is 3. The molecule has 4 aromatic rings. The van der Waals surface area contributed by atoms with Crippen molar-refractivity contribution in [2.24, 2.45) is 29.1 Å². The first-order valence-electron chi connectivity index (χ1n) is 20.6. The van der Waals surface area contributed by atoms with E-state index in [1.165, 1.54) is 6.42 Å². The molecule has 1 saturated heterocycles. The summed E-state index contributed by atoms with van der Waals surface area (Å²) in [4.78, 5) is 50.6. The predicted octanol–water partition coefficient (Wildman–Crippen LogP) is 6.37. The lowest BCUT2D eigenvalue weighted by atomic mass is 9.43. The van der Waals surface area contributed by atoms with Crippen molar-refractivity contribution in [3.8, 4) is 11.1 Å². The fourth-order valence-electron chi connectivity index (χ4n) is 10.0. The highest BCUT2D eigenvalue weighted by Crippen LogP contribution is 2.65. The van der Waals surface area contributed by atoms with Crippen LogP contribution in [0.3, 0.4) is 0 Å². The van der Waals surface area contributed by atoms with E-state index >= 15 is 0 Å². The zero-order chi connectivity index (χ0) is 39.2. The van der Waals surface area contributed by atoms with Crippen molar-refractivity contribution >= 4 is 41.2 Å². The second kappa shape index (κ2) is 15.4. The number of para-hydroxylation sites is 1. The molecule has 3 heterocycles. The van der Waals surface area contributed by atoms with E-state index in [9.17, 15) is 14.4 Å². The number of nitrogens with one attached hydrogen (secondary N) is 3. The summed E-state index contributed by atoms with van der Waals surface area (Å²) in [7, 11) is -0.518. The molecule has 2 aromatic carbocycles. The summed E-state index contributed by atoms with van der Waals surface area (Å²) in [5.41, 5.74) is 4.64. The van der Waals surface area contributed by atoms with E-state index in [-0.39, 0.29) is 53.0 Å². The molecule has 9 rings (SSSR count). The maximum atomic E-state index is 14.2. The molecule has 4 saturated carbocycles. The zero-order valence-electron chi connectivity index (χ0n) is 33.2. The number of nitrogens with zero attached hydrogens (tertiary/aromatic N) is 2. The van der Waals surface area contributed by atoms with E-state index in [4.69, 9.17) is 9.31 Å². The van der Waals surface area contributed by atoms with Crippen LogP contribution >= 0.6 is 0 Å². The van der Waals surface area contributed by atoms with Crippen molar-refractivity contribution in [1.82, 2.24) is 25.9 Å². The predicted molar refractivity (Wildman–Crippen MR) is 218 cm³/mol. The van der Waals surface area contributed by atoms with Gasteiger partial charge in [-0.3, -0.25) is 19.4 Å². The molecule has 5 fully saturated rings. The molecule has 0 spiro atoms. The Morgan fingerprint density at radius 2 is 1.68 bits per heavy atom. The number of rotatable bonds is 12. The molecule has 292 valence electrons. The largest absolute Gasteiger partial charge is 0.494 e.